The number of hydrogen-bond donors (Lipinski definition) is 2. The van der Waals surface area contributed by atoms with Gasteiger partial charge in [0.25, 0.3) is 0 Å². The Morgan fingerprint density at radius 2 is 2.00 bits per heavy atom. The Hall–Kier alpha value is -1.00. The SMILES string of the molecule is CC(CO)SC(C)C(=O)Nc1ccccc1. The maximum atomic E-state index is 11.8. The van der Waals surface area contributed by atoms with Crippen LogP contribution in [0.25, 0.3) is 0 Å². The fraction of sp³-hybridized carbons (Fsp3) is 0.417. The van der Waals surface area contributed by atoms with Crippen LogP contribution in [0.3, 0.4) is 0 Å². The number of aliphatic hydroxyl groups is 1. The highest BCUT2D eigenvalue weighted by Crippen LogP contribution is 2.18. The number of hydrogen-bond acceptors (Lipinski definition) is 3. The van der Waals surface area contributed by atoms with Crippen molar-refractivity contribution in [1.29, 1.82) is 0 Å². The molecule has 0 aliphatic carbocycles. The molecular weight excluding hydrogens is 222 g/mol. The van der Waals surface area contributed by atoms with E-state index in [1.54, 1.807) is 0 Å². The molecule has 16 heavy (non-hydrogen) atoms. The summed E-state index contributed by atoms with van der Waals surface area (Å²) in [6, 6.07) is 9.37. The lowest BCUT2D eigenvalue weighted by Crippen LogP contribution is -2.24. The Bertz CT molecular complexity index is 329. The van der Waals surface area contributed by atoms with Crippen molar-refractivity contribution in [3.8, 4) is 0 Å². The summed E-state index contributed by atoms with van der Waals surface area (Å²) in [5, 5.41) is 11.6. The topological polar surface area (TPSA) is 49.3 Å². The largest absolute Gasteiger partial charge is 0.395 e. The van der Waals surface area contributed by atoms with Gasteiger partial charge in [-0.05, 0) is 19.1 Å². The monoisotopic (exact) mass is 239 g/mol. The number of anilines is 1. The molecule has 0 aliphatic rings. The van der Waals surface area contributed by atoms with Gasteiger partial charge >= 0.3 is 0 Å². The Morgan fingerprint density at radius 3 is 2.56 bits per heavy atom. The number of carbonyl (C=O) groups excluding carboxylic acids is 1. The summed E-state index contributed by atoms with van der Waals surface area (Å²) in [7, 11) is 0. The third kappa shape index (κ3) is 4.24. The van der Waals surface area contributed by atoms with Gasteiger partial charge in [-0.25, -0.2) is 0 Å². The first-order valence-electron chi connectivity index (χ1n) is 5.25. The van der Waals surface area contributed by atoms with Crippen molar-refractivity contribution in [2.45, 2.75) is 24.3 Å². The second-order valence-corrected chi connectivity index (χ2v) is 5.41. The van der Waals surface area contributed by atoms with Crippen LogP contribution in [0, 0.1) is 0 Å². The Kier molecular flexibility index (Phi) is 5.35. The first-order valence-corrected chi connectivity index (χ1v) is 6.20. The van der Waals surface area contributed by atoms with E-state index in [9.17, 15) is 4.79 Å². The predicted molar refractivity (Wildman–Crippen MR) is 68.7 cm³/mol. The van der Waals surface area contributed by atoms with E-state index in [0.29, 0.717) is 0 Å². The lowest BCUT2D eigenvalue weighted by atomic mass is 10.3. The van der Waals surface area contributed by atoms with E-state index in [0.717, 1.165) is 5.69 Å². The normalized spacial score (nSPS) is 14.2. The summed E-state index contributed by atoms with van der Waals surface area (Å²) in [4.78, 5) is 11.8. The van der Waals surface area contributed by atoms with Crippen molar-refractivity contribution in [2.75, 3.05) is 11.9 Å². The number of benzene rings is 1. The van der Waals surface area contributed by atoms with Gasteiger partial charge in [-0.2, -0.15) is 0 Å². The third-order valence-electron chi connectivity index (χ3n) is 2.10. The zero-order valence-corrected chi connectivity index (χ0v) is 10.3. The summed E-state index contributed by atoms with van der Waals surface area (Å²) < 4.78 is 0. The highest BCUT2D eigenvalue weighted by Gasteiger charge is 2.16. The molecule has 0 saturated carbocycles. The summed E-state index contributed by atoms with van der Waals surface area (Å²) in [5.41, 5.74) is 0.802. The first-order chi connectivity index (χ1) is 7.63. The van der Waals surface area contributed by atoms with Crippen molar-refractivity contribution in [1.82, 2.24) is 0 Å². The minimum Gasteiger partial charge on any atom is -0.395 e. The van der Waals surface area contributed by atoms with E-state index in [-0.39, 0.29) is 23.0 Å². The summed E-state index contributed by atoms with van der Waals surface area (Å²) in [6.45, 7) is 3.83. The van der Waals surface area contributed by atoms with E-state index in [1.165, 1.54) is 11.8 Å². The summed E-state index contributed by atoms with van der Waals surface area (Å²) in [6.07, 6.45) is 0. The van der Waals surface area contributed by atoms with Crippen LogP contribution in [0.2, 0.25) is 0 Å². The van der Waals surface area contributed by atoms with Crippen molar-refractivity contribution in [3.63, 3.8) is 0 Å². The van der Waals surface area contributed by atoms with Gasteiger partial charge in [-0.1, -0.05) is 25.1 Å². The highest BCUT2D eigenvalue weighted by molar-refractivity contribution is 8.01. The van der Waals surface area contributed by atoms with Crippen LogP contribution in [-0.4, -0.2) is 28.1 Å². The molecule has 2 atom stereocenters. The molecule has 2 N–H and O–H groups in total. The molecule has 0 aromatic heterocycles. The molecule has 1 rings (SSSR count). The quantitative estimate of drug-likeness (QED) is 0.827. The number of nitrogens with one attached hydrogen (secondary N) is 1. The second kappa shape index (κ2) is 6.55. The number of rotatable bonds is 5. The zero-order chi connectivity index (χ0) is 12.0. The molecule has 1 amide bonds. The average Bonchev–Trinajstić information content (AvgIpc) is 2.30. The molecule has 0 aliphatic heterocycles. The maximum absolute atomic E-state index is 11.8. The summed E-state index contributed by atoms with van der Waals surface area (Å²) >= 11 is 1.46. The first kappa shape index (κ1) is 13.1. The van der Waals surface area contributed by atoms with E-state index in [4.69, 9.17) is 5.11 Å². The predicted octanol–water partition coefficient (Wildman–Crippen LogP) is 2.13. The minimum absolute atomic E-state index is 0.0310. The number of amides is 1. The lowest BCUT2D eigenvalue weighted by Gasteiger charge is -2.15. The minimum atomic E-state index is -0.164. The molecule has 0 spiro atoms. The van der Waals surface area contributed by atoms with Crippen LogP contribution < -0.4 is 5.32 Å². The fourth-order valence-electron chi connectivity index (χ4n) is 1.22. The van der Waals surface area contributed by atoms with Crippen LogP contribution in [0.1, 0.15) is 13.8 Å². The molecule has 2 unspecified atom stereocenters. The molecule has 0 heterocycles. The Labute approximate surface area is 100 Å². The molecule has 3 nitrogen and oxygen atoms in total. The number of aliphatic hydroxyl groups excluding tert-OH is 1. The van der Waals surface area contributed by atoms with Crippen LogP contribution in [0.4, 0.5) is 5.69 Å². The maximum Gasteiger partial charge on any atom is 0.237 e. The van der Waals surface area contributed by atoms with Crippen LogP contribution in [0.5, 0.6) is 0 Å². The van der Waals surface area contributed by atoms with Gasteiger partial charge in [0.2, 0.25) is 5.91 Å². The van der Waals surface area contributed by atoms with Crippen molar-refractivity contribution in [3.05, 3.63) is 30.3 Å². The van der Waals surface area contributed by atoms with Crippen LogP contribution in [-0.2, 0) is 4.79 Å². The van der Waals surface area contributed by atoms with Crippen LogP contribution >= 0.6 is 11.8 Å². The molecule has 1 aromatic carbocycles. The van der Waals surface area contributed by atoms with Crippen molar-refractivity contribution >= 4 is 23.4 Å². The van der Waals surface area contributed by atoms with Gasteiger partial charge in [0, 0.05) is 10.9 Å². The number of para-hydroxylation sites is 1. The average molecular weight is 239 g/mol. The van der Waals surface area contributed by atoms with Crippen LogP contribution in [0.15, 0.2) is 30.3 Å². The molecule has 0 saturated heterocycles. The van der Waals surface area contributed by atoms with E-state index >= 15 is 0 Å². The van der Waals surface area contributed by atoms with Crippen molar-refractivity contribution in [2.24, 2.45) is 0 Å². The number of carbonyl (C=O) groups is 1. The van der Waals surface area contributed by atoms with Crippen molar-refractivity contribution < 1.29 is 9.90 Å². The highest BCUT2D eigenvalue weighted by atomic mass is 32.2. The second-order valence-electron chi connectivity index (χ2n) is 3.63. The molecule has 4 heteroatoms. The summed E-state index contributed by atoms with van der Waals surface area (Å²) in [5.74, 6) is -0.0310. The molecular formula is C12H17NO2S. The van der Waals surface area contributed by atoms with Gasteiger partial charge in [0.1, 0.15) is 0 Å². The number of thioether (sulfide) groups is 1. The third-order valence-corrected chi connectivity index (χ3v) is 3.34. The lowest BCUT2D eigenvalue weighted by molar-refractivity contribution is -0.115. The Morgan fingerprint density at radius 1 is 1.38 bits per heavy atom. The van der Waals surface area contributed by atoms with Gasteiger partial charge in [0.05, 0.1) is 11.9 Å². The standard InChI is InChI=1S/C12H17NO2S/c1-9(8-14)16-10(2)12(15)13-11-6-4-3-5-7-11/h3-7,9-10,14H,8H2,1-2H3,(H,13,15). The molecule has 0 fully saturated rings. The fourth-order valence-corrected chi connectivity index (χ4v) is 2.18. The Balaban J connectivity index is 2.46. The molecule has 0 bridgehead atoms. The molecule has 0 radical (unpaired) electrons. The van der Waals surface area contributed by atoms with E-state index in [2.05, 4.69) is 5.32 Å². The smallest absolute Gasteiger partial charge is 0.237 e. The van der Waals surface area contributed by atoms with Gasteiger partial charge < -0.3 is 10.4 Å². The van der Waals surface area contributed by atoms with Gasteiger partial charge in [-0.15, -0.1) is 11.8 Å². The van der Waals surface area contributed by atoms with E-state index in [1.807, 2.05) is 44.2 Å². The molecule has 88 valence electrons. The van der Waals surface area contributed by atoms with E-state index < -0.39 is 0 Å². The van der Waals surface area contributed by atoms with Gasteiger partial charge in [0.15, 0.2) is 0 Å². The molecule has 1 aromatic rings. The zero-order valence-electron chi connectivity index (χ0n) is 9.51. The van der Waals surface area contributed by atoms with Gasteiger partial charge in [-0.3, -0.25) is 4.79 Å².